The average Bonchev–Trinajstić information content (AvgIpc) is 3.46. The number of rotatable bonds is 5. The molecule has 0 aliphatic carbocycles. The van der Waals surface area contributed by atoms with E-state index in [0.717, 1.165) is 28.0 Å². The van der Waals surface area contributed by atoms with Gasteiger partial charge in [-0.2, -0.15) is 4.31 Å². The molecule has 3 heterocycles. The van der Waals surface area contributed by atoms with Crippen molar-refractivity contribution in [3.8, 4) is 10.6 Å². The highest BCUT2D eigenvalue weighted by Gasteiger charge is 2.29. The maximum atomic E-state index is 13.1. The lowest BCUT2D eigenvalue weighted by molar-refractivity contribution is 0.181. The van der Waals surface area contributed by atoms with Crippen LogP contribution in [0.5, 0.6) is 0 Å². The molecule has 1 aliphatic rings. The van der Waals surface area contributed by atoms with Crippen molar-refractivity contribution in [1.82, 2.24) is 14.2 Å². The maximum Gasteiger partial charge on any atom is 0.243 e. The van der Waals surface area contributed by atoms with Crippen molar-refractivity contribution in [2.45, 2.75) is 11.4 Å². The first-order valence-electron chi connectivity index (χ1n) is 9.79. The van der Waals surface area contributed by atoms with Gasteiger partial charge in [0.05, 0.1) is 22.0 Å². The van der Waals surface area contributed by atoms with Crippen LogP contribution in [-0.2, 0) is 16.6 Å². The van der Waals surface area contributed by atoms with Gasteiger partial charge in [0, 0.05) is 31.6 Å². The molecule has 0 atom stereocenters. The Labute approximate surface area is 184 Å². The number of sulfonamides is 1. The van der Waals surface area contributed by atoms with Crippen molar-refractivity contribution in [1.29, 1.82) is 0 Å². The van der Waals surface area contributed by atoms with E-state index in [1.807, 2.05) is 36.4 Å². The molecule has 0 unspecified atom stereocenters. The van der Waals surface area contributed by atoms with Gasteiger partial charge in [-0.3, -0.25) is 4.90 Å². The predicted molar refractivity (Wildman–Crippen MR) is 123 cm³/mol. The largest absolute Gasteiger partial charge is 0.294 e. The third-order valence-corrected chi connectivity index (χ3v) is 8.99. The number of benzene rings is 2. The van der Waals surface area contributed by atoms with Gasteiger partial charge < -0.3 is 0 Å². The predicted octanol–water partition coefficient (Wildman–Crippen LogP) is 4.53. The van der Waals surface area contributed by atoms with Crippen molar-refractivity contribution in [2.24, 2.45) is 0 Å². The van der Waals surface area contributed by atoms with E-state index in [-0.39, 0.29) is 0 Å². The standard InChI is InChI=1S/C22H21N3O2S3/c26-30(27,19-8-7-17-4-1-2-5-18(17)14-19)25-11-9-24(10-12-25)15-22-23-20(16-29-22)21-6-3-13-28-21/h1-8,13-14,16H,9-12,15H2. The van der Waals surface area contributed by atoms with Crippen LogP contribution >= 0.6 is 22.7 Å². The molecule has 5 nitrogen and oxygen atoms in total. The zero-order valence-electron chi connectivity index (χ0n) is 16.3. The Hall–Kier alpha value is -2.10. The van der Waals surface area contributed by atoms with Crippen molar-refractivity contribution in [3.63, 3.8) is 0 Å². The van der Waals surface area contributed by atoms with Gasteiger partial charge in [0.2, 0.25) is 10.0 Å². The van der Waals surface area contributed by atoms with Crippen LogP contribution in [0.1, 0.15) is 5.01 Å². The Balaban J connectivity index is 1.24. The van der Waals surface area contributed by atoms with E-state index < -0.39 is 10.0 Å². The number of fused-ring (bicyclic) bond motifs is 1. The molecule has 0 N–H and O–H groups in total. The first kappa shape index (κ1) is 19.8. The van der Waals surface area contributed by atoms with E-state index in [0.29, 0.717) is 31.1 Å². The van der Waals surface area contributed by atoms with Gasteiger partial charge in [0.1, 0.15) is 5.01 Å². The minimum absolute atomic E-state index is 0.371. The highest BCUT2D eigenvalue weighted by atomic mass is 32.2. The van der Waals surface area contributed by atoms with Gasteiger partial charge >= 0.3 is 0 Å². The van der Waals surface area contributed by atoms with E-state index in [9.17, 15) is 8.42 Å². The van der Waals surface area contributed by atoms with Crippen LogP contribution in [0.25, 0.3) is 21.3 Å². The van der Waals surface area contributed by atoms with Crippen molar-refractivity contribution in [3.05, 3.63) is 70.4 Å². The van der Waals surface area contributed by atoms with Crippen LogP contribution in [-0.4, -0.2) is 48.8 Å². The number of thiophene rings is 1. The SMILES string of the molecule is O=S(=O)(c1ccc2ccccc2c1)N1CCN(Cc2nc(-c3cccs3)cs2)CC1. The smallest absolute Gasteiger partial charge is 0.243 e. The van der Waals surface area contributed by atoms with E-state index in [4.69, 9.17) is 4.98 Å². The first-order chi connectivity index (χ1) is 14.6. The van der Waals surface area contributed by atoms with E-state index in [1.165, 1.54) is 4.88 Å². The maximum absolute atomic E-state index is 13.1. The van der Waals surface area contributed by atoms with Crippen LogP contribution in [0, 0.1) is 0 Å². The Bertz CT molecular complexity index is 1260. The van der Waals surface area contributed by atoms with Crippen LogP contribution in [0.3, 0.4) is 0 Å². The quantitative estimate of drug-likeness (QED) is 0.444. The highest BCUT2D eigenvalue weighted by molar-refractivity contribution is 7.89. The van der Waals surface area contributed by atoms with Crippen LogP contribution in [0.4, 0.5) is 0 Å². The normalized spacial score (nSPS) is 16.3. The second kappa shape index (κ2) is 8.20. The van der Waals surface area contributed by atoms with Gasteiger partial charge in [0.25, 0.3) is 0 Å². The number of nitrogens with zero attached hydrogens (tertiary/aromatic N) is 3. The molecule has 2 aromatic heterocycles. The van der Waals surface area contributed by atoms with E-state index in [1.54, 1.807) is 39.1 Å². The monoisotopic (exact) mass is 455 g/mol. The van der Waals surface area contributed by atoms with Crippen LogP contribution in [0.15, 0.2) is 70.3 Å². The van der Waals surface area contributed by atoms with Gasteiger partial charge in [-0.15, -0.1) is 22.7 Å². The zero-order chi connectivity index (χ0) is 20.6. The van der Waals surface area contributed by atoms with Gasteiger partial charge in [0.15, 0.2) is 0 Å². The van der Waals surface area contributed by atoms with Gasteiger partial charge in [-0.1, -0.05) is 36.4 Å². The molecule has 8 heteroatoms. The Kier molecular flexibility index (Phi) is 5.43. The topological polar surface area (TPSA) is 53.5 Å². The van der Waals surface area contributed by atoms with E-state index in [2.05, 4.69) is 21.7 Å². The molecule has 1 fully saturated rings. The lowest BCUT2D eigenvalue weighted by atomic mass is 10.1. The summed E-state index contributed by atoms with van der Waals surface area (Å²) in [6.45, 7) is 3.18. The molecule has 4 aromatic rings. The summed E-state index contributed by atoms with van der Waals surface area (Å²) in [5.74, 6) is 0. The summed E-state index contributed by atoms with van der Waals surface area (Å²) in [6.07, 6.45) is 0. The third kappa shape index (κ3) is 3.93. The second-order valence-corrected chi connectivity index (χ2v) is 11.1. The number of piperazine rings is 1. The van der Waals surface area contributed by atoms with Crippen molar-refractivity contribution >= 4 is 43.5 Å². The Morgan fingerprint density at radius 1 is 0.900 bits per heavy atom. The first-order valence-corrected chi connectivity index (χ1v) is 13.0. The average molecular weight is 456 g/mol. The number of thiazole rings is 1. The molecule has 1 saturated heterocycles. The molecule has 154 valence electrons. The molecule has 0 amide bonds. The summed E-state index contributed by atoms with van der Waals surface area (Å²) in [5, 5.41) is 7.23. The molecule has 0 radical (unpaired) electrons. The summed E-state index contributed by atoms with van der Waals surface area (Å²) in [5.41, 5.74) is 1.03. The lowest BCUT2D eigenvalue weighted by Gasteiger charge is -2.33. The minimum Gasteiger partial charge on any atom is -0.294 e. The summed E-state index contributed by atoms with van der Waals surface area (Å²) in [6, 6.07) is 17.3. The molecular weight excluding hydrogens is 434 g/mol. The van der Waals surface area contributed by atoms with E-state index >= 15 is 0 Å². The fraction of sp³-hybridized carbons (Fsp3) is 0.227. The molecule has 1 aliphatic heterocycles. The van der Waals surface area contributed by atoms with Crippen molar-refractivity contribution in [2.75, 3.05) is 26.2 Å². The molecular formula is C22H21N3O2S3. The summed E-state index contributed by atoms with van der Waals surface area (Å²) < 4.78 is 27.9. The van der Waals surface area contributed by atoms with Gasteiger partial charge in [-0.05, 0) is 34.4 Å². The third-order valence-electron chi connectivity index (χ3n) is 5.37. The fourth-order valence-electron chi connectivity index (χ4n) is 3.72. The molecule has 0 bridgehead atoms. The van der Waals surface area contributed by atoms with Crippen LogP contribution in [0.2, 0.25) is 0 Å². The lowest BCUT2D eigenvalue weighted by Crippen LogP contribution is -2.48. The minimum atomic E-state index is -3.48. The number of hydrogen-bond acceptors (Lipinski definition) is 6. The molecule has 0 saturated carbocycles. The molecule has 30 heavy (non-hydrogen) atoms. The zero-order valence-corrected chi connectivity index (χ0v) is 18.7. The summed E-state index contributed by atoms with van der Waals surface area (Å²) >= 11 is 3.36. The molecule has 5 rings (SSSR count). The summed E-state index contributed by atoms with van der Waals surface area (Å²) in [7, 11) is -3.48. The number of hydrogen-bond donors (Lipinski definition) is 0. The summed E-state index contributed by atoms with van der Waals surface area (Å²) in [4.78, 5) is 8.58. The van der Waals surface area contributed by atoms with Crippen LogP contribution < -0.4 is 0 Å². The number of aromatic nitrogens is 1. The fourth-order valence-corrected chi connectivity index (χ4v) is 6.77. The molecule has 0 spiro atoms. The highest BCUT2D eigenvalue weighted by Crippen LogP contribution is 2.27. The Morgan fingerprint density at radius 2 is 1.70 bits per heavy atom. The molecule has 2 aromatic carbocycles. The van der Waals surface area contributed by atoms with Gasteiger partial charge in [-0.25, -0.2) is 13.4 Å². The Morgan fingerprint density at radius 3 is 2.47 bits per heavy atom. The van der Waals surface area contributed by atoms with Crippen molar-refractivity contribution < 1.29 is 8.42 Å². The second-order valence-electron chi connectivity index (χ2n) is 7.29.